The summed E-state index contributed by atoms with van der Waals surface area (Å²) in [4.78, 5) is 2.67. The van der Waals surface area contributed by atoms with Gasteiger partial charge in [0.2, 0.25) is 0 Å². The molecule has 0 bridgehead atoms. The SMILES string of the molecule is c1ccc([SiH]2c3ccccc3C3(c4ccccc4Sc4ccccc43)c3cc(-n4c5ccccc5c5ccccc54)ccc32)cc1. The van der Waals surface area contributed by atoms with Gasteiger partial charge in [-0.1, -0.05) is 150 Å². The smallest absolute Gasteiger partial charge is 0.133 e. The molecule has 0 amide bonds. The molecule has 0 radical (unpaired) electrons. The molecule has 7 aromatic carbocycles. The fourth-order valence-electron chi connectivity index (χ4n) is 8.44. The Morgan fingerprint density at radius 2 is 0.957 bits per heavy atom. The molecule has 0 saturated carbocycles. The summed E-state index contributed by atoms with van der Waals surface area (Å²) in [6.45, 7) is 0. The van der Waals surface area contributed by atoms with Gasteiger partial charge < -0.3 is 4.57 Å². The normalized spacial score (nSPS) is 15.7. The number of para-hydroxylation sites is 2. The minimum Gasteiger partial charge on any atom is -0.309 e. The van der Waals surface area contributed by atoms with Gasteiger partial charge in [0.05, 0.1) is 16.4 Å². The summed E-state index contributed by atoms with van der Waals surface area (Å²) >= 11 is 1.91. The largest absolute Gasteiger partial charge is 0.309 e. The van der Waals surface area contributed by atoms with E-state index in [9.17, 15) is 0 Å². The summed E-state index contributed by atoms with van der Waals surface area (Å²) in [6.07, 6.45) is 0. The zero-order valence-electron chi connectivity index (χ0n) is 25.1. The minimum absolute atomic E-state index is 0.433. The van der Waals surface area contributed by atoms with Gasteiger partial charge in [0.1, 0.15) is 8.80 Å². The van der Waals surface area contributed by atoms with Gasteiger partial charge in [0, 0.05) is 26.3 Å². The standard InChI is InChI=1S/C43H29NSSi/c1-2-14-30(15-3-1)46-41-25-13-8-20-35(41)43(33-18-6-11-23-39(33)45-40-24-12-7-19-34(40)43)36-28-29(26-27-42(36)46)44-37-21-9-4-16-31(37)32-17-5-10-22-38(32)44/h1-28,46H. The highest BCUT2D eigenvalue weighted by atomic mass is 32.2. The lowest BCUT2D eigenvalue weighted by Crippen LogP contribution is -2.62. The Bertz CT molecular complexity index is 2380. The van der Waals surface area contributed by atoms with Gasteiger partial charge in [-0.3, -0.25) is 0 Å². The Morgan fingerprint density at radius 1 is 0.435 bits per heavy atom. The molecule has 1 unspecified atom stereocenters. The van der Waals surface area contributed by atoms with E-state index in [1.165, 1.54) is 75.1 Å². The first-order valence-corrected chi connectivity index (χ1v) is 18.5. The van der Waals surface area contributed by atoms with Crippen molar-refractivity contribution in [2.24, 2.45) is 0 Å². The second-order valence-corrected chi connectivity index (χ2v) is 16.3. The van der Waals surface area contributed by atoms with Crippen molar-refractivity contribution in [1.82, 2.24) is 4.57 Å². The van der Waals surface area contributed by atoms with Gasteiger partial charge in [-0.15, -0.1) is 0 Å². The van der Waals surface area contributed by atoms with Crippen molar-refractivity contribution >= 4 is 57.9 Å². The predicted octanol–water partition coefficient (Wildman–Crippen LogP) is 8.19. The van der Waals surface area contributed by atoms with Gasteiger partial charge in [-0.05, 0) is 69.0 Å². The molecule has 2 aliphatic rings. The van der Waals surface area contributed by atoms with Crippen LogP contribution in [0.4, 0.5) is 0 Å². The van der Waals surface area contributed by atoms with E-state index in [1.54, 1.807) is 0 Å². The lowest BCUT2D eigenvalue weighted by molar-refractivity contribution is 0.707. The number of nitrogens with zero attached hydrogens (tertiary/aromatic N) is 1. The zero-order chi connectivity index (χ0) is 30.2. The average molecular weight is 620 g/mol. The maximum Gasteiger partial charge on any atom is 0.133 e. The number of rotatable bonds is 2. The molecule has 1 aromatic heterocycles. The fourth-order valence-corrected chi connectivity index (χ4v) is 13.1. The van der Waals surface area contributed by atoms with Crippen LogP contribution in [-0.4, -0.2) is 13.4 Å². The lowest BCUT2D eigenvalue weighted by atomic mass is 9.64. The summed E-state index contributed by atoms with van der Waals surface area (Å²) in [6, 6.07) is 64.0. The van der Waals surface area contributed by atoms with E-state index in [0.29, 0.717) is 0 Å². The van der Waals surface area contributed by atoms with E-state index < -0.39 is 14.2 Å². The van der Waals surface area contributed by atoms with Crippen LogP contribution >= 0.6 is 11.8 Å². The third-order valence-corrected chi connectivity index (χ3v) is 14.7. The Kier molecular flexibility index (Phi) is 5.66. The zero-order valence-corrected chi connectivity index (χ0v) is 27.1. The van der Waals surface area contributed by atoms with Gasteiger partial charge in [0.15, 0.2) is 0 Å². The predicted molar refractivity (Wildman–Crippen MR) is 196 cm³/mol. The highest BCUT2D eigenvalue weighted by molar-refractivity contribution is 7.99. The molecule has 0 fully saturated rings. The first-order chi connectivity index (χ1) is 22.8. The van der Waals surface area contributed by atoms with E-state index in [-0.39, 0.29) is 0 Å². The van der Waals surface area contributed by atoms with E-state index in [1.807, 2.05) is 11.8 Å². The molecule has 216 valence electrons. The monoisotopic (exact) mass is 619 g/mol. The second-order valence-electron chi connectivity index (χ2n) is 12.4. The van der Waals surface area contributed by atoms with Crippen LogP contribution in [0.3, 0.4) is 0 Å². The molecule has 3 heterocycles. The first kappa shape index (κ1) is 26.2. The van der Waals surface area contributed by atoms with E-state index >= 15 is 0 Å². The highest BCUT2D eigenvalue weighted by Gasteiger charge is 2.50. The molecule has 46 heavy (non-hydrogen) atoms. The van der Waals surface area contributed by atoms with Crippen LogP contribution in [0.2, 0.25) is 0 Å². The summed E-state index contributed by atoms with van der Waals surface area (Å²) in [5.41, 5.74) is 8.88. The van der Waals surface area contributed by atoms with E-state index in [2.05, 4.69) is 174 Å². The molecule has 1 nitrogen and oxygen atoms in total. The number of fused-ring (bicyclic) bond motifs is 11. The molecule has 3 heteroatoms. The number of aromatic nitrogens is 1. The molecule has 1 atom stereocenters. The van der Waals surface area contributed by atoms with Crippen molar-refractivity contribution in [2.75, 3.05) is 0 Å². The average Bonchev–Trinajstić information content (AvgIpc) is 3.46. The first-order valence-electron chi connectivity index (χ1n) is 16.0. The third kappa shape index (κ3) is 3.47. The van der Waals surface area contributed by atoms with Crippen LogP contribution in [0, 0.1) is 0 Å². The molecular weight excluding hydrogens is 591 g/mol. The van der Waals surface area contributed by atoms with Gasteiger partial charge in [-0.2, -0.15) is 0 Å². The van der Waals surface area contributed by atoms with Crippen LogP contribution in [0.25, 0.3) is 27.5 Å². The third-order valence-electron chi connectivity index (χ3n) is 10.2. The Hall–Kier alpha value is -5.09. The van der Waals surface area contributed by atoms with Gasteiger partial charge >= 0.3 is 0 Å². The molecule has 8 aromatic rings. The number of hydrogen-bond donors (Lipinski definition) is 0. The van der Waals surface area contributed by atoms with Crippen LogP contribution in [-0.2, 0) is 5.41 Å². The van der Waals surface area contributed by atoms with Crippen molar-refractivity contribution < 1.29 is 0 Å². The van der Waals surface area contributed by atoms with Crippen LogP contribution in [0.5, 0.6) is 0 Å². The van der Waals surface area contributed by atoms with E-state index in [0.717, 1.165) is 0 Å². The van der Waals surface area contributed by atoms with Crippen LogP contribution < -0.4 is 15.6 Å². The number of hydrogen-bond acceptors (Lipinski definition) is 1. The molecule has 0 saturated heterocycles. The van der Waals surface area contributed by atoms with Gasteiger partial charge in [0.25, 0.3) is 0 Å². The number of benzene rings is 7. The van der Waals surface area contributed by atoms with Crippen molar-refractivity contribution in [1.29, 1.82) is 0 Å². The molecule has 0 aliphatic carbocycles. The highest BCUT2D eigenvalue weighted by Crippen LogP contribution is 2.56. The molecule has 2 aliphatic heterocycles. The maximum absolute atomic E-state index is 2.55. The van der Waals surface area contributed by atoms with Crippen molar-refractivity contribution in [3.63, 3.8) is 0 Å². The second kappa shape index (κ2) is 9.95. The summed E-state index contributed by atoms with van der Waals surface area (Å²) < 4.78 is 2.48. The van der Waals surface area contributed by atoms with Crippen molar-refractivity contribution in [2.45, 2.75) is 15.2 Å². The van der Waals surface area contributed by atoms with E-state index in [4.69, 9.17) is 0 Å². The minimum atomic E-state index is -1.82. The van der Waals surface area contributed by atoms with Crippen LogP contribution in [0.15, 0.2) is 180 Å². The van der Waals surface area contributed by atoms with Crippen molar-refractivity contribution in [3.8, 4) is 5.69 Å². The summed E-state index contributed by atoms with van der Waals surface area (Å²) in [5, 5.41) is 7.06. The summed E-state index contributed by atoms with van der Waals surface area (Å²) in [5.74, 6) is 0. The Labute approximate surface area is 274 Å². The Morgan fingerprint density at radius 3 is 1.63 bits per heavy atom. The molecule has 0 N–H and O–H groups in total. The van der Waals surface area contributed by atoms with Gasteiger partial charge in [-0.25, -0.2) is 0 Å². The summed E-state index contributed by atoms with van der Waals surface area (Å²) in [7, 11) is -1.82. The molecule has 1 spiro atoms. The van der Waals surface area contributed by atoms with Crippen LogP contribution in [0.1, 0.15) is 22.3 Å². The lowest BCUT2D eigenvalue weighted by Gasteiger charge is -2.48. The maximum atomic E-state index is 2.55. The van der Waals surface area contributed by atoms with Crippen molar-refractivity contribution in [3.05, 3.63) is 192 Å². The fraction of sp³-hybridized carbons (Fsp3) is 0.0233. The molecule has 10 rings (SSSR count). The quantitative estimate of drug-likeness (QED) is 0.177. The Balaban J connectivity index is 1.38. The topological polar surface area (TPSA) is 4.93 Å². The molecular formula is C43H29NSSi.